The van der Waals surface area contributed by atoms with Crippen LogP contribution in [0.1, 0.15) is 77.4 Å². The van der Waals surface area contributed by atoms with Gasteiger partial charge in [-0.2, -0.15) is 0 Å². The second-order valence-electron chi connectivity index (χ2n) is 9.71. The average molecular weight is 494 g/mol. The van der Waals surface area contributed by atoms with Crippen LogP contribution < -0.4 is 0 Å². The molecule has 0 aromatic carbocycles. The smallest absolute Gasteiger partial charge is 0.309 e. The summed E-state index contributed by atoms with van der Waals surface area (Å²) in [6, 6.07) is 0. The maximum Gasteiger partial charge on any atom is 0.309 e. The molecule has 34 heavy (non-hydrogen) atoms. The molecular weight excluding hydrogens is 454 g/mol. The Kier molecular flexibility index (Phi) is 10.5. The highest BCUT2D eigenvalue weighted by atomic mass is 32.1. The predicted molar refractivity (Wildman–Crippen MR) is 133 cm³/mol. The Labute approximate surface area is 206 Å². The number of ketones is 1. The number of thiazole rings is 1. The molecule has 0 radical (unpaired) electrons. The zero-order valence-electron chi connectivity index (χ0n) is 21.1. The number of carbonyl (C=O) groups is 2. The van der Waals surface area contributed by atoms with Crippen molar-refractivity contribution in [1.29, 1.82) is 0 Å². The van der Waals surface area contributed by atoms with E-state index in [-0.39, 0.29) is 29.6 Å². The first kappa shape index (κ1) is 28.2. The first-order valence-electron chi connectivity index (χ1n) is 12.0. The molecule has 1 aromatic rings. The lowest BCUT2D eigenvalue weighted by Gasteiger charge is -2.27. The second-order valence-corrected chi connectivity index (χ2v) is 10.8. The molecule has 0 bridgehead atoms. The first-order valence-corrected chi connectivity index (χ1v) is 12.9. The lowest BCUT2D eigenvalue weighted by Crippen LogP contribution is -2.32. The molecule has 190 valence electrons. The number of hydrogen-bond acceptors (Lipinski definition) is 8. The molecule has 5 unspecified atom stereocenters. The van der Waals surface area contributed by atoms with Gasteiger partial charge in [-0.3, -0.25) is 9.59 Å². The van der Waals surface area contributed by atoms with Gasteiger partial charge in [0.2, 0.25) is 0 Å². The van der Waals surface area contributed by atoms with E-state index in [0.717, 1.165) is 16.3 Å². The summed E-state index contributed by atoms with van der Waals surface area (Å²) in [5.74, 6) is -2.25. The predicted octanol–water partition coefficient (Wildman–Crippen LogP) is 4.76. The number of rotatable bonds is 2. The van der Waals surface area contributed by atoms with E-state index in [1.165, 1.54) is 11.3 Å². The van der Waals surface area contributed by atoms with E-state index in [4.69, 9.17) is 4.74 Å². The summed E-state index contributed by atoms with van der Waals surface area (Å²) in [5.41, 5.74) is 1.78. The Bertz CT molecular complexity index is 920. The van der Waals surface area contributed by atoms with Crippen molar-refractivity contribution in [3.8, 4) is 0 Å². The number of Topliss-reactive ketones (excluding diaryl/α,β-unsaturated/α-hetero) is 1. The maximum absolute atomic E-state index is 12.8. The van der Waals surface area contributed by atoms with Gasteiger partial charge in [-0.15, -0.1) is 11.3 Å². The van der Waals surface area contributed by atoms with Crippen LogP contribution in [0.5, 0.6) is 0 Å². The monoisotopic (exact) mass is 493 g/mol. The Morgan fingerprint density at radius 1 is 1.15 bits per heavy atom. The molecule has 0 amide bonds. The van der Waals surface area contributed by atoms with E-state index in [2.05, 4.69) is 4.98 Å². The van der Waals surface area contributed by atoms with E-state index in [1.54, 1.807) is 13.8 Å². The number of ether oxygens (including phenoxy) is 1. The molecule has 6 atom stereocenters. The number of aliphatic hydroxyl groups is 3. The fourth-order valence-corrected chi connectivity index (χ4v) is 4.79. The Balaban J connectivity index is 2.32. The number of aryl methyl sites for hydroxylation is 1. The van der Waals surface area contributed by atoms with Gasteiger partial charge < -0.3 is 20.1 Å². The highest BCUT2D eigenvalue weighted by molar-refractivity contribution is 7.09. The van der Waals surface area contributed by atoms with Crippen LogP contribution in [-0.4, -0.2) is 50.4 Å². The van der Waals surface area contributed by atoms with E-state index >= 15 is 0 Å². The molecule has 1 aliphatic heterocycles. The molecule has 0 spiro atoms. The summed E-state index contributed by atoms with van der Waals surface area (Å²) >= 11 is 1.53. The van der Waals surface area contributed by atoms with Crippen LogP contribution in [0, 0.1) is 24.7 Å². The highest BCUT2D eigenvalue weighted by Crippen LogP contribution is 2.27. The molecule has 8 heteroatoms. The van der Waals surface area contributed by atoms with Crippen LogP contribution in [0.25, 0.3) is 6.08 Å². The molecule has 0 fully saturated rings. The molecule has 7 nitrogen and oxygen atoms in total. The van der Waals surface area contributed by atoms with Crippen LogP contribution >= 0.6 is 11.3 Å². The first-order chi connectivity index (χ1) is 15.9. The summed E-state index contributed by atoms with van der Waals surface area (Å²) in [5, 5.41) is 34.7. The number of allylic oxidation sites excluding steroid dienone is 2. The van der Waals surface area contributed by atoms with Crippen molar-refractivity contribution in [2.24, 2.45) is 17.8 Å². The van der Waals surface area contributed by atoms with Crippen molar-refractivity contribution >= 4 is 29.2 Å². The van der Waals surface area contributed by atoms with Crippen LogP contribution in [0.15, 0.2) is 22.3 Å². The molecule has 0 saturated carbocycles. The minimum atomic E-state index is -1.24. The standard InChI is InChI=1S/C26H39NO6S/c1-14-8-7-9-21(28)15(2)11-23(16(3)10-20-13-34-19(6)27-20)33-24(30)12-22(29)17(4)26(32)18(5)25(14)31/h10,13-15,17,21-23,28-29,31H,7-9,11-12H2,1-6H3/b16-10+,25-18+/t14?,15?,17?,21?,22?,23-/m0/s1. The van der Waals surface area contributed by atoms with Crippen molar-refractivity contribution in [2.75, 3.05) is 0 Å². The van der Waals surface area contributed by atoms with Gasteiger partial charge in [0, 0.05) is 22.8 Å². The van der Waals surface area contributed by atoms with E-state index in [1.807, 2.05) is 39.2 Å². The van der Waals surface area contributed by atoms with Gasteiger partial charge >= 0.3 is 5.97 Å². The maximum atomic E-state index is 12.8. The molecule has 1 aliphatic rings. The summed E-state index contributed by atoms with van der Waals surface area (Å²) in [7, 11) is 0. The summed E-state index contributed by atoms with van der Waals surface area (Å²) in [6.45, 7) is 10.6. The zero-order valence-corrected chi connectivity index (χ0v) is 21.9. The van der Waals surface area contributed by atoms with Crippen LogP contribution in [-0.2, 0) is 14.3 Å². The Hall–Kier alpha value is -2.03. The third-order valence-corrected chi connectivity index (χ3v) is 7.55. The molecule has 3 N–H and O–H groups in total. The number of aliphatic hydroxyl groups excluding tert-OH is 3. The number of cyclic esters (lactones) is 1. The fraction of sp³-hybridized carbons (Fsp3) is 0.654. The number of esters is 1. The summed E-state index contributed by atoms with van der Waals surface area (Å²) in [6.07, 6.45) is 1.36. The molecule has 2 rings (SSSR count). The average Bonchev–Trinajstić information content (AvgIpc) is 3.19. The van der Waals surface area contributed by atoms with Gasteiger partial charge in [0.15, 0.2) is 5.78 Å². The number of carbonyl (C=O) groups excluding carboxylic acids is 2. The van der Waals surface area contributed by atoms with E-state index < -0.39 is 36.0 Å². The van der Waals surface area contributed by atoms with E-state index in [0.29, 0.717) is 25.7 Å². The van der Waals surface area contributed by atoms with Gasteiger partial charge in [-0.25, -0.2) is 4.98 Å². The fourth-order valence-electron chi connectivity index (χ4n) is 4.22. The van der Waals surface area contributed by atoms with Crippen LogP contribution in [0.3, 0.4) is 0 Å². The van der Waals surface area contributed by atoms with E-state index in [9.17, 15) is 24.9 Å². The zero-order chi connectivity index (χ0) is 25.6. The van der Waals surface area contributed by atoms with Crippen molar-refractivity contribution < 1.29 is 29.6 Å². The Morgan fingerprint density at radius 3 is 2.44 bits per heavy atom. The van der Waals surface area contributed by atoms with Gasteiger partial charge in [0.1, 0.15) is 11.9 Å². The summed E-state index contributed by atoms with van der Waals surface area (Å²) < 4.78 is 5.75. The van der Waals surface area contributed by atoms with Crippen molar-refractivity contribution in [1.82, 2.24) is 4.98 Å². The van der Waals surface area contributed by atoms with Crippen molar-refractivity contribution in [2.45, 2.75) is 92.0 Å². The normalized spacial score (nSPS) is 33.6. The van der Waals surface area contributed by atoms with Crippen molar-refractivity contribution in [3.63, 3.8) is 0 Å². The lowest BCUT2D eigenvalue weighted by atomic mass is 9.87. The third-order valence-electron chi connectivity index (χ3n) is 6.76. The third kappa shape index (κ3) is 7.75. The minimum absolute atomic E-state index is 0.000591. The van der Waals surface area contributed by atoms with Gasteiger partial charge in [-0.05, 0) is 57.6 Å². The molecule has 0 aliphatic carbocycles. The van der Waals surface area contributed by atoms with Gasteiger partial charge in [0.05, 0.1) is 29.3 Å². The summed E-state index contributed by atoms with van der Waals surface area (Å²) in [4.78, 5) is 30.0. The van der Waals surface area contributed by atoms with Crippen LogP contribution in [0.2, 0.25) is 0 Å². The number of hydrogen-bond donors (Lipinski definition) is 3. The minimum Gasteiger partial charge on any atom is -0.512 e. The topological polar surface area (TPSA) is 117 Å². The van der Waals surface area contributed by atoms with Gasteiger partial charge in [-0.1, -0.05) is 27.2 Å². The number of nitrogens with zero attached hydrogens (tertiary/aromatic N) is 1. The molecule has 2 heterocycles. The van der Waals surface area contributed by atoms with Gasteiger partial charge in [0.25, 0.3) is 0 Å². The van der Waals surface area contributed by atoms with Crippen LogP contribution in [0.4, 0.5) is 0 Å². The molecule has 1 aromatic heterocycles. The quantitative estimate of drug-likeness (QED) is 0.508. The Morgan fingerprint density at radius 2 is 1.82 bits per heavy atom. The SMILES string of the molecule is C/C(=C\c1csc(C)n1)[C@@H]1CC(C)C(O)CCCC(C)/C(O)=C(/C)C(=O)C(C)C(O)CC(=O)O1. The highest BCUT2D eigenvalue weighted by Gasteiger charge is 2.30. The second kappa shape index (κ2) is 12.6. The van der Waals surface area contributed by atoms with Crippen molar-refractivity contribution in [3.05, 3.63) is 33.0 Å². The lowest BCUT2D eigenvalue weighted by molar-refractivity contribution is -0.151. The molecule has 0 saturated heterocycles. The number of aromatic nitrogens is 1. The molecular formula is C26H39NO6S. The largest absolute Gasteiger partial charge is 0.512 e.